The summed E-state index contributed by atoms with van der Waals surface area (Å²) in [6.07, 6.45) is 1.58. The van der Waals surface area contributed by atoms with Gasteiger partial charge >= 0.3 is 0 Å². The van der Waals surface area contributed by atoms with E-state index in [0.29, 0.717) is 19.6 Å². The fraction of sp³-hybridized carbons (Fsp3) is 0.846. The van der Waals surface area contributed by atoms with E-state index in [4.69, 9.17) is 9.47 Å². The highest BCUT2D eigenvalue weighted by atomic mass is 28.2. The van der Waals surface area contributed by atoms with Crippen LogP contribution in [0.3, 0.4) is 0 Å². The van der Waals surface area contributed by atoms with E-state index >= 15 is 0 Å². The van der Waals surface area contributed by atoms with Crippen LogP contribution < -0.4 is 0 Å². The number of ketones is 2. The Morgan fingerprint density at radius 3 is 1.94 bits per heavy atom. The van der Waals surface area contributed by atoms with E-state index in [9.17, 15) is 9.59 Å². The van der Waals surface area contributed by atoms with Gasteiger partial charge < -0.3 is 9.47 Å². The summed E-state index contributed by atoms with van der Waals surface area (Å²) in [5.74, 6) is -0.463. The van der Waals surface area contributed by atoms with Crippen LogP contribution in [0.2, 0.25) is 6.04 Å². The molecular formula is C13H26O4Si. The molecule has 0 aromatic heterocycles. The molecule has 0 atom stereocenters. The minimum absolute atomic E-state index is 0.0182. The molecule has 0 saturated carbocycles. The summed E-state index contributed by atoms with van der Waals surface area (Å²) in [4.78, 5) is 22.5. The average Bonchev–Trinajstić information content (AvgIpc) is 2.28. The molecule has 0 rings (SSSR count). The highest BCUT2D eigenvalue weighted by Crippen LogP contribution is 2.12. The zero-order chi connectivity index (χ0) is 14.0. The molecule has 5 heteroatoms. The van der Waals surface area contributed by atoms with Gasteiger partial charge in [-0.05, 0) is 34.1 Å². The average molecular weight is 274 g/mol. The first-order valence-electron chi connectivity index (χ1n) is 6.77. The van der Waals surface area contributed by atoms with Crippen molar-refractivity contribution in [2.75, 3.05) is 13.2 Å². The molecule has 0 heterocycles. The molecule has 0 aromatic carbocycles. The smallest absolute Gasteiger partial charge is 0.140 e. The number of carbonyl (C=O) groups is 2. The Morgan fingerprint density at radius 1 is 1.06 bits per heavy atom. The summed E-state index contributed by atoms with van der Waals surface area (Å²) in [5.41, 5.74) is 0. The SMILES string of the molecule is CCOC(OCC)[SiH2]CCCC(C(C)=O)C(C)=O. The van der Waals surface area contributed by atoms with Gasteiger partial charge in [0.05, 0.1) is 15.4 Å². The van der Waals surface area contributed by atoms with Crippen molar-refractivity contribution in [2.24, 2.45) is 5.92 Å². The first-order valence-corrected chi connectivity index (χ1v) is 8.58. The third kappa shape index (κ3) is 7.74. The van der Waals surface area contributed by atoms with Crippen LogP contribution in [0.1, 0.15) is 40.5 Å². The molecule has 0 N–H and O–H groups in total. The van der Waals surface area contributed by atoms with Crippen LogP contribution in [0.4, 0.5) is 0 Å². The van der Waals surface area contributed by atoms with Crippen LogP contribution in [-0.2, 0) is 19.1 Å². The molecule has 0 saturated heterocycles. The Bertz CT molecular complexity index is 235. The number of ether oxygens (including phenoxy) is 2. The van der Waals surface area contributed by atoms with Crippen molar-refractivity contribution in [3.05, 3.63) is 0 Å². The molecule has 0 aliphatic heterocycles. The highest BCUT2D eigenvalue weighted by Gasteiger charge is 2.19. The van der Waals surface area contributed by atoms with Crippen LogP contribution in [0, 0.1) is 5.92 Å². The van der Waals surface area contributed by atoms with Gasteiger partial charge in [-0.1, -0.05) is 12.5 Å². The molecular weight excluding hydrogens is 248 g/mol. The monoisotopic (exact) mass is 274 g/mol. The lowest BCUT2D eigenvalue weighted by atomic mass is 9.96. The maximum Gasteiger partial charge on any atom is 0.140 e. The van der Waals surface area contributed by atoms with Crippen molar-refractivity contribution in [2.45, 2.75) is 52.5 Å². The van der Waals surface area contributed by atoms with Gasteiger partial charge in [0.1, 0.15) is 17.5 Å². The van der Waals surface area contributed by atoms with Crippen molar-refractivity contribution in [1.29, 1.82) is 0 Å². The van der Waals surface area contributed by atoms with E-state index in [2.05, 4.69) is 0 Å². The minimum Gasteiger partial charge on any atom is -0.357 e. The van der Waals surface area contributed by atoms with E-state index in [-0.39, 0.29) is 17.5 Å². The fourth-order valence-corrected chi connectivity index (χ4v) is 3.65. The molecule has 0 spiro atoms. The summed E-state index contributed by atoms with van der Waals surface area (Å²) >= 11 is 0. The summed E-state index contributed by atoms with van der Waals surface area (Å²) < 4.78 is 11.0. The first-order chi connectivity index (χ1) is 8.52. The maximum atomic E-state index is 11.3. The highest BCUT2D eigenvalue weighted by molar-refractivity contribution is 6.36. The van der Waals surface area contributed by atoms with Crippen molar-refractivity contribution in [3.63, 3.8) is 0 Å². The van der Waals surface area contributed by atoms with E-state index < -0.39 is 15.4 Å². The van der Waals surface area contributed by atoms with Gasteiger partial charge in [0, 0.05) is 13.2 Å². The molecule has 0 fully saturated rings. The predicted molar refractivity (Wildman–Crippen MR) is 74.5 cm³/mol. The Kier molecular flexibility index (Phi) is 10.1. The number of hydrogen-bond donors (Lipinski definition) is 0. The lowest BCUT2D eigenvalue weighted by molar-refractivity contribution is -0.130. The zero-order valence-corrected chi connectivity index (χ0v) is 13.4. The number of Topliss-reactive ketones (excluding diaryl/α,β-unsaturated/α-hetero) is 2. The van der Waals surface area contributed by atoms with Crippen LogP contribution in [0.5, 0.6) is 0 Å². The third-order valence-corrected chi connectivity index (χ3v) is 4.72. The quantitative estimate of drug-likeness (QED) is 0.248. The molecule has 0 aliphatic carbocycles. The van der Waals surface area contributed by atoms with Crippen molar-refractivity contribution >= 4 is 21.1 Å². The maximum absolute atomic E-state index is 11.3. The first kappa shape index (κ1) is 17.5. The molecule has 106 valence electrons. The molecule has 4 nitrogen and oxygen atoms in total. The number of rotatable bonds is 11. The summed E-state index contributed by atoms with van der Waals surface area (Å²) in [5, 5.41) is 0. The lowest BCUT2D eigenvalue weighted by Gasteiger charge is -2.16. The van der Waals surface area contributed by atoms with Crippen LogP contribution >= 0.6 is 0 Å². The largest absolute Gasteiger partial charge is 0.357 e. The second-order valence-electron chi connectivity index (χ2n) is 4.40. The Morgan fingerprint density at radius 2 is 1.56 bits per heavy atom. The minimum atomic E-state index is -0.456. The van der Waals surface area contributed by atoms with Crippen molar-refractivity contribution < 1.29 is 19.1 Å². The Labute approximate surface area is 112 Å². The molecule has 18 heavy (non-hydrogen) atoms. The number of hydrogen-bond acceptors (Lipinski definition) is 4. The standard InChI is InChI=1S/C13H26O4Si/c1-5-16-13(17-6-2)18-9-7-8-12(10(3)14)11(4)15/h12-13H,5-9,18H2,1-4H3. The second-order valence-corrected chi connectivity index (χ2v) is 6.35. The molecule has 0 amide bonds. The van der Waals surface area contributed by atoms with Crippen molar-refractivity contribution in [1.82, 2.24) is 0 Å². The lowest BCUT2D eigenvalue weighted by Crippen LogP contribution is -2.25. The fourth-order valence-electron chi connectivity index (χ4n) is 1.94. The van der Waals surface area contributed by atoms with Crippen molar-refractivity contribution in [3.8, 4) is 0 Å². The molecule has 0 bridgehead atoms. The van der Waals surface area contributed by atoms with E-state index in [1.165, 1.54) is 13.8 Å². The summed E-state index contributed by atoms with van der Waals surface area (Å²) in [6, 6.07) is 1.04. The molecule has 0 radical (unpaired) electrons. The molecule has 0 unspecified atom stereocenters. The van der Waals surface area contributed by atoms with E-state index in [0.717, 1.165) is 12.5 Å². The predicted octanol–water partition coefficient (Wildman–Crippen LogP) is 1.50. The zero-order valence-electron chi connectivity index (χ0n) is 12.0. The number of carbonyl (C=O) groups excluding carboxylic acids is 2. The van der Waals surface area contributed by atoms with Gasteiger partial charge in [0.15, 0.2) is 0 Å². The third-order valence-electron chi connectivity index (χ3n) is 2.87. The topological polar surface area (TPSA) is 52.6 Å². The Hall–Kier alpha value is -0.523. The molecule has 0 aliphatic rings. The van der Waals surface area contributed by atoms with Crippen LogP contribution in [0.15, 0.2) is 0 Å². The van der Waals surface area contributed by atoms with Gasteiger partial charge in [0.25, 0.3) is 0 Å². The second kappa shape index (κ2) is 10.4. The van der Waals surface area contributed by atoms with Gasteiger partial charge in [-0.25, -0.2) is 0 Å². The summed E-state index contributed by atoms with van der Waals surface area (Å²) in [6.45, 7) is 8.24. The van der Waals surface area contributed by atoms with Gasteiger partial charge in [-0.3, -0.25) is 9.59 Å². The summed E-state index contributed by atoms with van der Waals surface area (Å²) in [7, 11) is -0.456. The van der Waals surface area contributed by atoms with E-state index in [1.54, 1.807) is 0 Å². The molecule has 0 aromatic rings. The van der Waals surface area contributed by atoms with Gasteiger partial charge in [-0.15, -0.1) is 0 Å². The Balaban J connectivity index is 3.87. The van der Waals surface area contributed by atoms with Gasteiger partial charge in [-0.2, -0.15) is 0 Å². The van der Waals surface area contributed by atoms with Gasteiger partial charge in [0.2, 0.25) is 0 Å². The van der Waals surface area contributed by atoms with Crippen LogP contribution in [0.25, 0.3) is 0 Å². The normalized spacial score (nSPS) is 11.9. The van der Waals surface area contributed by atoms with Crippen LogP contribution in [-0.4, -0.2) is 40.2 Å². The van der Waals surface area contributed by atoms with E-state index in [1.807, 2.05) is 13.8 Å².